The highest BCUT2D eigenvalue weighted by molar-refractivity contribution is 7.13. The SMILES string of the molecule is Nc1nc([C@H](O)C(=O)Nc2ccc(CCNCC(O)COc3ccccc3)cc2)cs1. The topological polar surface area (TPSA) is 130 Å². The number of thiazole rings is 1. The molecule has 0 aliphatic carbocycles. The highest BCUT2D eigenvalue weighted by Gasteiger charge is 2.20. The summed E-state index contributed by atoms with van der Waals surface area (Å²) in [5.41, 5.74) is 7.42. The molecule has 0 saturated carbocycles. The van der Waals surface area contributed by atoms with Crippen LogP contribution in [0, 0.1) is 0 Å². The molecule has 1 unspecified atom stereocenters. The molecule has 31 heavy (non-hydrogen) atoms. The lowest BCUT2D eigenvalue weighted by molar-refractivity contribution is -0.124. The third kappa shape index (κ3) is 7.34. The molecule has 0 aliphatic rings. The summed E-state index contributed by atoms with van der Waals surface area (Å²) in [5, 5.41) is 27.8. The first kappa shape index (κ1) is 22.7. The molecular weight excluding hydrogens is 416 g/mol. The first-order valence-electron chi connectivity index (χ1n) is 9.86. The number of hydrogen-bond acceptors (Lipinski definition) is 8. The van der Waals surface area contributed by atoms with Crippen LogP contribution in [-0.2, 0) is 11.2 Å². The molecule has 1 aromatic heterocycles. The van der Waals surface area contributed by atoms with E-state index in [1.807, 2.05) is 42.5 Å². The van der Waals surface area contributed by atoms with Crippen LogP contribution >= 0.6 is 11.3 Å². The zero-order valence-electron chi connectivity index (χ0n) is 16.9. The maximum atomic E-state index is 12.1. The fourth-order valence-electron chi connectivity index (χ4n) is 2.80. The van der Waals surface area contributed by atoms with E-state index in [1.54, 1.807) is 17.5 Å². The Hall–Kier alpha value is -2.98. The quantitative estimate of drug-likeness (QED) is 0.287. The summed E-state index contributed by atoms with van der Waals surface area (Å²) in [7, 11) is 0. The van der Waals surface area contributed by atoms with E-state index in [1.165, 1.54) is 11.3 Å². The van der Waals surface area contributed by atoms with Gasteiger partial charge in [0.25, 0.3) is 5.91 Å². The number of benzene rings is 2. The Bertz CT molecular complexity index is 950. The molecular formula is C22H26N4O4S. The Morgan fingerprint density at radius 2 is 1.87 bits per heavy atom. The first-order valence-corrected chi connectivity index (χ1v) is 10.7. The van der Waals surface area contributed by atoms with E-state index in [4.69, 9.17) is 10.5 Å². The number of carbonyl (C=O) groups excluding carboxylic acids is 1. The molecule has 2 aromatic carbocycles. The summed E-state index contributed by atoms with van der Waals surface area (Å²) in [6.45, 7) is 1.35. The van der Waals surface area contributed by atoms with Gasteiger partial charge in [0, 0.05) is 17.6 Å². The number of nitrogens with zero attached hydrogens (tertiary/aromatic N) is 1. The minimum Gasteiger partial charge on any atom is -0.491 e. The molecule has 6 N–H and O–H groups in total. The van der Waals surface area contributed by atoms with Crippen LogP contribution in [0.2, 0.25) is 0 Å². The summed E-state index contributed by atoms with van der Waals surface area (Å²) < 4.78 is 5.52. The molecule has 0 spiro atoms. The van der Waals surface area contributed by atoms with Gasteiger partial charge in [-0.15, -0.1) is 11.3 Å². The summed E-state index contributed by atoms with van der Waals surface area (Å²) >= 11 is 1.17. The largest absolute Gasteiger partial charge is 0.491 e. The smallest absolute Gasteiger partial charge is 0.259 e. The number of aliphatic hydroxyl groups excluding tert-OH is 2. The summed E-state index contributed by atoms with van der Waals surface area (Å²) in [4.78, 5) is 16.1. The zero-order valence-corrected chi connectivity index (χ0v) is 17.7. The Morgan fingerprint density at radius 3 is 2.55 bits per heavy atom. The van der Waals surface area contributed by atoms with Gasteiger partial charge >= 0.3 is 0 Å². The second kappa shape index (κ2) is 11.4. The van der Waals surface area contributed by atoms with Crippen molar-refractivity contribution in [3.63, 3.8) is 0 Å². The van der Waals surface area contributed by atoms with Crippen molar-refractivity contribution in [2.75, 3.05) is 30.7 Å². The van der Waals surface area contributed by atoms with Crippen LogP contribution < -0.4 is 21.1 Å². The van der Waals surface area contributed by atoms with Gasteiger partial charge in [0.2, 0.25) is 0 Å². The number of nitrogens with two attached hydrogens (primary N) is 1. The second-order valence-corrected chi connectivity index (χ2v) is 7.82. The third-order valence-corrected chi connectivity index (χ3v) is 5.14. The lowest BCUT2D eigenvalue weighted by Crippen LogP contribution is -2.32. The van der Waals surface area contributed by atoms with Gasteiger partial charge in [-0.2, -0.15) is 0 Å². The first-order chi connectivity index (χ1) is 15.0. The number of aromatic nitrogens is 1. The molecule has 0 saturated heterocycles. The second-order valence-electron chi connectivity index (χ2n) is 6.93. The van der Waals surface area contributed by atoms with Crippen LogP contribution in [-0.4, -0.2) is 46.9 Å². The molecule has 1 heterocycles. The van der Waals surface area contributed by atoms with E-state index in [9.17, 15) is 15.0 Å². The molecule has 3 aromatic rings. The molecule has 9 heteroatoms. The molecule has 0 aliphatic heterocycles. The Morgan fingerprint density at radius 1 is 1.13 bits per heavy atom. The highest BCUT2D eigenvalue weighted by atomic mass is 32.1. The van der Waals surface area contributed by atoms with E-state index in [0.29, 0.717) is 23.9 Å². The number of para-hydroxylation sites is 1. The lowest BCUT2D eigenvalue weighted by atomic mass is 10.1. The van der Waals surface area contributed by atoms with E-state index in [2.05, 4.69) is 15.6 Å². The van der Waals surface area contributed by atoms with Crippen molar-refractivity contribution in [3.8, 4) is 5.75 Å². The number of amides is 1. The summed E-state index contributed by atoms with van der Waals surface area (Å²) in [6, 6.07) is 16.7. The van der Waals surface area contributed by atoms with Crippen molar-refractivity contribution < 1.29 is 19.7 Å². The Balaban J connectivity index is 1.35. The minimum absolute atomic E-state index is 0.227. The van der Waals surface area contributed by atoms with E-state index >= 15 is 0 Å². The maximum absolute atomic E-state index is 12.1. The molecule has 0 bridgehead atoms. The van der Waals surface area contributed by atoms with Crippen LogP contribution in [0.25, 0.3) is 0 Å². The lowest BCUT2D eigenvalue weighted by Gasteiger charge is -2.13. The Labute approximate surface area is 184 Å². The number of carbonyl (C=O) groups is 1. The Kier molecular flexibility index (Phi) is 8.36. The van der Waals surface area contributed by atoms with Crippen LogP contribution in [0.4, 0.5) is 10.8 Å². The molecule has 1 amide bonds. The minimum atomic E-state index is -1.37. The van der Waals surface area contributed by atoms with Crippen molar-refractivity contribution in [1.29, 1.82) is 0 Å². The molecule has 164 valence electrons. The van der Waals surface area contributed by atoms with E-state index in [-0.39, 0.29) is 12.3 Å². The molecule has 8 nitrogen and oxygen atoms in total. The van der Waals surface area contributed by atoms with Gasteiger partial charge in [-0.3, -0.25) is 4.79 Å². The predicted molar refractivity (Wildman–Crippen MR) is 121 cm³/mol. The van der Waals surface area contributed by atoms with Gasteiger partial charge in [-0.25, -0.2) is 4.98 Å². The van der Waals surface area contributed by atoms with Gasteiger partial charge in [-0.1, -0.05) is 30.3 Å². The van der Waals surface area contributed by atoms with Crippen LogP contribution in [0.5, 0.6) is 5.75 Å². The number of aliphatic hydroxyl groups is 2. The van der Waals surface area contributed by atoms with Gasteiger partial charge in [0.1, 0.15) is 18.5 Å². The van der Waals surface area contributed by atoms with Gasteiger partial charge < -0.3 is 31.3 Å². The fraction of sp³-hybridized carbons (Fsp3) is 0.273. The average Bonchev–Trinajstić information content (AvgIpc) is 3.22. The number of rotatable bonds is 11. The van der Waals surface area contributed by atoms with Crippen molar-refractivity contribution >= 4 is 28.1 Å². The van der Waals surface area contributed by atoms with Crippen molar-refractivity contribution in [2.45, 2.75) is 18.6 Å². The van der Waals surface area contributed by atoms with E-state index in [0.717, 1.165) is 17.7 Å². The zero-order chi connectivity index (χ0) is 22.1. The molecule has 3 rings (SSSR count). The normalized spacial score (nSPS) is 12.8. The van der Waals surface area contributed by atoms with Crippen LogP contribution in [0.3, 0.4) is 0 Å². The number of nitrogen functional groups attached to an aromatic ring is 1. The van der Waals surface area contributed by atoms with E-state index < -0.39 is 18.1 Å². The van der Waals surface area contributed by atoms with Crippen LogP contribution in [0.1, 0.15) is 17.4 Å². The maximum Gasteiger partial charge on any atom is 0.259 e. The molecule has 0 radical (unpaired) electrons. The van der Waals surface area contributed by atoms with Crippen LogP contribution in [0.15, 0.2) is 60.0 Å². The van der Waals surface area contributed by atoms with Gasteiger partial charge in [-0.05, 0) is 42.8 Å². The number of ether oxygens (including phenoxy) is 1. The predicted octanol–water partition coefficient (Wildman–Crippen LogP) is 1.97. The summed E-state index contributed by atoms with van der Waals surface area (Å²) in [6.07, 6.45) is -1.20. The summed E-state index contributed by atoms with van der Waals surface area (Å²) in [5.74, 6) is 0.170. The molecule has 0 fully saturated rings. The van der Waals surface area contributed by atoms with Crippen molar-refractivity contribution in [3.05, 3.63) is 71.2 Å². The number of anilines is 2. The van der Waals surface area contributed by atoms with Gasteiger partial charge in [0.05, 0.1) is 5.69 Å². The fourth-order valence-corrected chi connectivity index (χ4v) is 3.38. The third-order valence-electron chi connectivity index (χ3n) is 4.45. The number of hydrogen-bond donors (Lipinski definition) is 5. The molecule has 2 atom stereocenters. The van der Waals surface area contributed by atoms with Gasteiger partial charge in [0.15, 0.2) is 11.2 Å². The average molecular weight is 443 g/mol. The van der Waals surface area contributed by atoms with Crippen molar-refractivity contribution in [2.24, 2.45) is 0 Å². The highest BCUT2D eigenvalue weighted by Crippen LogP contribution is 2.20. The monoisotopic (exact) mass is 442 g/mol. The van der Waals surface area contributed by atoms with Crippen molar-refractivity contribution in [1.82, 2.24) is 10.3 Å². The number of nitrogens with one attached hydrogen (secondary N) is 2. The standard InChI is InChI=1S/C22H26N4O4S/c23-22-26-19(14-31-22)20(28)21(29)25-16-8-6-15(7-9-16)10-11-24-12-17(27)13-30-18-4-2-1-3-5-18/h1-9,14,17,20,24,27-28H,10-13H2,(H2,23,26)(H,25,29)/t17?,20-/m0/s1.